The van der Waals surface area contributed by atoms with Gasteiger partial charge >= 0.3 is 0 Å². The van der Waals surface area contributed by atoms with Crippen LogP contribution in [0.2, 0.25) is 0 Å². The van der Waals surface area contributed by atoms with E-state index in [0.29, 0.717) is 0 Å². The van der Waals surface area contributed by atoms with Gasteiger partial charge in [0.15, 0.2) is 0 Å². The van der Waals surface area contributed by atoms with Gasteiger partial charge in [0.1, 0.15) is 11.6 Å². The first-order chi connectivity index (χ1) is 8.76. The third kappa shape index (κ3) is 1.84. The van der Waals surface area contributed by atoms with E-state index in [2.05, 4.69) is 4.98 Å². The third-order valence-corrected chi connectivity index (χ3v) is 2.97. The number of rotatable bonds is 2. The van der Waals surface area contributed by atoms with Crippen molar-refractivity contribution in [1.82, 2.24) is 4.98 Å². The van der Waals surface area contributed by atoms with E-state index in [1.54, 1.807) is 13.2 Å². The molecule has 3 heteroatoms. The summed E-state index contributed by atoms with van der Waals surface area (Å²) < 4.78 is 18.3. The van der Waals surface area contributed by atoms with Crippen LogP contribution in [-0.4, -0.2) is 12.1 Å². The lowest BCUT2D eigenvalue weighted by atomic mass is 10.1. The van der Waals surface area contributed by atoms with Gasteiger partial charge < -0.3 is 9.72 Å². The molecule has 0 fully saturated rings. The van der Waals surface area contributed by atoms with Gasteiger partial charge in [-0.15, -0.1) is 0 Å². The molecule has 3 aromatic rings. The fourth-order valence-electron chi connectivity index (χ4n) is 2.05. The Labute approximate surface area is 104 Å². The maximum absolute atomic E-state index is 13.1. The van der Waals surface area contributed by atoms with Crippen LogP contribution in [0.1, 0.15) is 0 Å². The lowest BCUT2D eigenvalue weighted by Crippen LogP contribution is -1.83. The zero-order valence-corrected chi connectivity index (χ0v) is 9.91. The molecule has 0 spiro atoms. The smallest absolute Gasteiger partial charge is 0.125 e. The number of aromatic nitrogens is 1. The largest absolute Gasteiger partial charge is 0.497 e. The Morgan fingerprint density at radius 1 is 1.06 bits per heavy atom. The molecule has 0 radical (unpaired) electrons. The van der Waals surface area contributed by atoms with E-state index in [1.165, 1.54) is 12.1 Å². The molecule has 0 bridgehead atoms. The number of hydrogen-bond donors (Lipinski definition) is 1. The standard InChI is InChI=1S/C15H12FNO/c1-18-13-4-2-3-10(7-13)14-8-11-5-6-12(16)9-15(11)17-14/h2-9,17H,1H3. The van der Waals surface area contributed by atoms with Crippen molar-refractivity contribution in [3.05, 3.63) is 54.3 Å². The minimum Gasteiger partial charge on any atom is -0.497 e. The van der Waals surface area contributed by atoms with Gasteiger partial charge in [0.2, 0.25) is 0 Å². The van der Waals surface area contributed by atoms with Gasteiger partial charge in [-0.25, -0.2) is 4.39 Å². The minimum atomic E-state index is -0.235. The van der Waals surface area contributed by atoms with Crippen LogP contribution >= 0.6 is 0 Å². The molecular formula is C15H12FNO. The van der Waals surface area contributed by atoms with E-state index in [1.807, 2.05) is 30.3 Å². The van der Waals surface area contributed by atoms with Crippen LogP contribution in [0.15, 0.2) is 48.5 Å². The molecular weight excluding hydrogens is 229 g/mol. The molecule has 2 aromatic carbocycles. The maximum atomic E-state index is 13.1. The van der Waals surface area contributed by atoms with Gasteiger partial charge in [-0.3, -0.25) is 0 Å². The molecule has 0 atom stereocenters. The highest BCUT2D eigenvalue weighted by Gasteiger charge is 2.05. The summed E-state index contributed by atoms with van der Waals surface area (Å²) in [6, 6.07) is 14.5. The molecule has 18 heavy (non-hydrogen) atoms. The van der Waals surface area contributed by atoms with E-state index in [0.717, 1.165) is 27.9 Å². The van der Waals surface area contributed by atoms with E-state index in [-0.39, 0.29) is 5.82 Å². The number of hydrogen-bond acceptors (Lipinski definition) is 1. The quantitative estimate of drug-likeness (QED) is 0.721. The van der Waals surface area contributed by atoms with Crippen LogP contribution in [0.5, 0.6) is 5.75 Å². The second-order valence-corrected chi connectivity index (χ2v) is 4.15. The zero-order chi connectivity index (χ0) is 12.5. The normalized spacial score (nSPS) is 10.8. The van der Waals surface area contributed by atoms with Crippen molar-refractivity contribution in [2.75, 3.05) is 7.11 Å². The monoisotopic (exact) mass is 241 g/mol. The number of aromatic amines is 1. The summed E-state index contributed by atoms with van der Waals surface area (Å²) in [6.07, 6.45) is 0. The van der Waals surface area contributed by atoms with Gasteiger partial charge in [0, 0.05) is 22.2 Å². The second-order valence-electron chi connectivity index (χ2n) is 4.15. The predicted octanol–water partition coefficient (Wildman–Crippen LogP) is 3.98. The lowest BCUT2D eigenvalue weighted by molar-refractivity contribution is 0.415. The summed E-state index contributed by atoms with van der Waals surface area (Å²) in [4.78, 5) is 3.21. The molecule has 1 aromatic heterocycles. The molecule has 0 saturated heterocycles. The number of nitrogens with one attached hydrogen (secondary N) is 1. The summed E-state index contributed by atoms with van der Waals surface area (Å²) in [5.74, 6) is 0.568. The van der Waals surface area contributed by atoms with Crippen LogP contribution < -0.4 is 4.74 Å². The van der Waals surface area contributed by atoms with Crippen LogP contribution in [0.3, 0.4) is 0 Å². The number of methoxy groups -OCH3 is 1. The molecule has 90 valence electrons. The van der Waals surface area contributed by atoms with Crippen LogP contribution in [0.25, 0.3) is 22.2 Å². The van der Waals surface area contributed by atoms with Gasteiger partial charge in [-0.1, -0.05) is 12.1 Å². The fourth-order valence-corrected chi connectivity index (χ4v) is 2.05. The molecule has 1 N–H and O–H groups in total. The Morgan fingerprint density at radius 2 is 1.94 bits per heavy atom. The fraction of sp³-hybridized carbons (Fsp3) is 0.0667. The maximum Gasteiger partial charge on any atom is 0.125 e. The number of H-pyrrole nitrogens is 1. The summed E-state index contributed by atoms with van der Waals surface area (Å²) in [7, 11) is 1.64. The van der Waals surface area contributed by atoms with Gasteiger partial charge in [-0.05, 0) is 36.4 Å². The molecule has 0 saturated carbocycles. The van der Waals surface area contributed by atoms with Crippen molar-refractivity contribution >= 4 is 10.9 Å². The first-order valence-corrected chi connectivity index (χ1v) is 5.69. The summed E-state index contributed by atoms with van der Waals surface area (Å²) in [5, 5.41) is 0.995. The van der Waals surface area contributed by atoms with Crippen molar-refractivity contribution in [3.63, 3.8) is 0 Å². The van der Waals surface area contributed by atoms with E-state index < -0.39 is 0 Å². The van der Waals surface area contributed by atoms with Crippen molar-refractivity contribution in [2.45, 2.75) is 0 Å². The Bertz CT molecular complexity index is 703. The molecule has 1 heterocycles. The highest BCUT2D eigenvalue weighted by molar-refractivity contribution is 5.86. The number of ether oxygens (including phenoxy) is 1. The first-order valence-electron chi connectivity index (χ1n) is 5.69. The summed E-state index contributed by atoms with van der Waals surface area (Å²) in [6.45, 7) is 0. The Kier molecular flexibility index (Phi) is 2.52. The van der Waals surface area contributed by atoms with Crippen LogP contribution in [0.4, 0.5) is 4.39 Å². The molecule has 0 aliphatic carbocycles. The van der Waals surface area contributed by atoms with Gasteiger partial charge in [0.25, 0.3) is 0 Å². The third-order valence-electron chi connectivity index (χ3n) is 2.97. The van der Waals surface area contributed by atoms with Crippen LogP contribution in [0, 0.1) is 5.82 Å². The Balaban J connectivity index is 2.13. The van der Waals surface area contributed by atoms with Crippen molar-refractivity contribution in [3.8, 4) is 17.0 Å². The minimum absolute atomic E-state index is 0.235. The number of halogens is 1. The molecule has 0 aliphatic heterocycles. The average Bonchev–Trinajstić information content (AvgIpc) is 2.81. The Hall–Kier alpha value is -2.29. The summed E-state index contributed by atoms with van der Waals surface area (Å²) >= 11 is 0. The van der Waals surface area contributed by atoms with Gasteiger partial charge in [-0.2, -0.15) is 0 Å². The van der Waals surface area contributed by atoms with E-state index >= 15 is 0 Å². The predicted molar refractivity (Wildman–Crippen MR) is 70.2 cm³/mol. The van der Waals surface area contributed by atoms with E-state index in [4.69, 9.17) is 4.74 Å². The summed E-state index contributed by atoms with van der Waals surface area (Å²) in [5.41, 5.74) is 2.77. The average molecular weight is 241 g/mol. The Morgan fingerprint density at radius 3 is 2.78 bits per heavy atom. The van der Waals surface area contributed by atoms with Gasteiger partial charge in [0.05, 0.1) is 7.11 Å². The zero-order valence-electron chi connectivity index (χ0n) is 9.91. The lowest BCUT2D eigenvalue weighted by Gasteiger charge is -2.02. The number of benzene rings is 2. The highest BCUT2D eigenvalue weighted by atomic mass is 19.1. The highest BCUT2D eigenvalue weighted by Crippen LogP contribution is 2.27. The van der Waals surface area contributed by atoms with Crippen molar-refractivity contribution in [1.29, 1.82) is 0 Å². The molecule has 0 aliphatic rings. The molecule has 2 nitrogen and oxygen atoms in total. The topological polar surface area (TPSA) is 25.0 Å². The number of fused-ring (bicyclic) bond motifs is 1. The van der Waals surface area contributed by atoms with Crippen LogP contribution in [-0.2, 0) is 0 Å². The van der Waals surface area contributed by atoms with Crippen molar-refractivity contribution < 1.29 is 9.13 Å². The molecule has 3 rings (SSSR count). The van der Waals surface area contributed by atoms with Crippen molar-refractivity contribution in [2.24, 2.45) is 0 Å². The molecule has 0 amide bonds. The first kappa shape index (κ1) is 10.8. The van der Waals surface area contributed by atoms with E-state index in [9.17, 15) is 4.39 Å². The molecule has 0 unspecified atom stereocenters. The SMILES string of the molecule is COc1cccc(-c2cc3ccc(F)cc3[nH]2)c1. The second kappa shape index (κ2) is 4.18.